The molecular weight excluding hydrogens is 847 g/mol. The van der Waals surface area contributed by atoms with Crippen molar-refractivity contribution in [3.05, 3.63) is 292 Å². The van der Waals surface area contributed by atoms with Gasteiger partial charge in [-0.05, 0) is 114 Å². The van der Waals surface area contributed by atoms with Crippen molar-refractivity contribution in [1.82, 2.24) is 0 Å². The second-order valence-electron chi connectivity index (χ2n) is 16.3. The van der Waals surface area contributed by atoms with E-state index in [1.54, 1.807) is 0 Å². The molecule has 0 aliphatic heterocycles. The minimum atomic E-state index is -3.22. The normalized spacial score (nSPS) is 22.2. The van der Waals surface area contributed by atoms with E-state index in [1.165, 1.54) is 0 Å². The van der Waals surface area contributed by atoms with Gasteiger partial charge in [-0.2, -0.15) is 0 Å². The van der Waals surface area contributed by atoms with E-state index in [2.05, 4.69) is 0 Å². The smallest absolute Gasteiger partial charge is 0.143 e. The maximum absolute atomic E-state index is 10.5. The Labute approximate surface area is 462 Å². The van der Waals surface area contributed by atoms with Crippen molar-refractivity contribution in [2.75, 3.05) is 4.90 Å². The van der Waals surface area contributed by atoms with Crippen LogP contribution >= 0.6 is 0 Å². The van der Waals surface area contributed by atoms with Gasteiger partial charge < -0.3 is 9.32 Å². The zero-order chi connectivity index (χ0) is 80.5. The molecule has 16 rings (SSSR count). The zero-order valence-corrected chi connectivity index (χ0v) is 34.9. The van der Waals surface area contributed by atoms with Crippen LogP contribution < -0.4 is 4.90 Å². The summed E-state index contributed by atoms with van der Waals surface area (Å²) in [7, 11) is 0. The quantitative estimate of drug-likeness (QED) is 0.175. The first-order valence-corrected chi connectivity index (χ1v) is 21.2. The first kappa shape index (κ1) is 16.3. The standard InChI is InChI=1S/C68H41NO/c1-8-27-53-45(18-1)46-19-2-9-28-54(46)67(53)57-31-12-5-23-51(57)64-59(67)33-16-35-61(64)69(43-40-38-42(39-41-43)44-25-15-26-50-49-22-7-14-37-63(49)70-66(44)50)62-36-17-34-60-65(62)52-24-6-13-32-58(52)68(60)55-29-10-3-20-47(55)48-21-4-11-30-56(48)68/h1-41H/i1D,2D,3D,4D,5D,6D,7D,8D,9D,10D,11D,12D,13D,14D,15D,16D,17D,18D,19D,20D,21D,22D,23D,24D,25D,27D,28D,29D,30D,31D,32D,33D,34D,35D,36D,37D,38D,39D,40D,41D. The van der Waals surface area contributed by atoms with Gasteiger partial charge in [0.25, 0.3) is 0 Å². The second kappa shape index (κ2) is 13.8. The largest absolute Gasteiger partial charge is 0.455 e. The summed E-state index contributed by atoms with van der Waals surface area (Å²) in [5.41, 5.74) is -28.1. The highest BCUT2D eigenvalue weighted by molar-refractivity contribution is 6.10. The number of nitrogens with zero attached hydrogens (tertiary/aromatic N) is 1. The molecule has 0 unspecified atom stereocenters. The molecule has 1 aromatic heterocycles. The zero-order valence-electron chi connectivity index (χ0n) is 74.9. The van der Waals surface area contributed by atoms with E-state index in [1.807, 2.05) is 0 Å². The molecule has 0 N–H and O–H groups in total. The molecular formula is C68H41NO. The van der Waals surface area contributed by atoms with E-state index in [9.17, 15) is 42.5 Å². The van der Waals surface area contributed by atoms with Crippen molar-refractivity contribution in [2.45, 2.75) is 10.8 Å². The Morgan fingerprint density at radius 2 is 0.700 bits per heavy atom. The third-order valence-electron chi connectivity index (χ3n) is 13.4. The lowest BCUT2D eigenvalue weighted by Crippen LogP contribution is -2.26. The fraction of sp³-hybridized carbons (Fsp3) is 0.0294. The van der Waals surface area contributed by atoms with Crippen LogP contribution in [0.2, 0.25) is 0 Å². The van der Waals surface area contributed by atoms with Gasteiger partial charge in [-0.1, -0.05) is 218 Å². The predicted molar refractivity (Wildman–Crippen MR) is 286 cm³/mol. The molecule has 70 heavy (non-hydrogen) atoms. The summed E-state index contributed by atoms with van der Waals surface area (Å²) < 4.78 is 392. The topological polar surface area (TPSA) is 16.4 Å². The van der Waals surface area contributed by atoms with Crippen LogP contribution in [0, 0.1) is 0 Å². The van der Waals surface area contributed by atoms with Crippen molar-refractivity contribution >= 4 is 39.0 Å². The number of furan rings is 1. The summed E-state index contributed by atoms with van der Waals surface area (Å²) >= 11 is 0. The van der Waals surface area contributed by atoms with Crippen molar-refractivity contribution < 1.29 is 59.2 Å². The second-order valence-corrected chi connectivity index (χ2v) is 16.3. The molecule has 0 amide bonds. The highest BCUT2D eigenvalue weighted by Gasteiger charge is 2.54. The molecule has 4 aliphatic carbocycles. The van der Waals surface area contributed by atoms with E-state index < -0.39 is 381 Å². The Morgan fingerprint density at radius 3 is 1.19 bits per heavy atom. The summed E-state index contributed by atoms with van der Waals surface area (Å²) in [6, 6.07) is -44.9. The van der Waals surface area contributed by atoms with E-state index in [0.29, 0.717) is 4.90 Å². The average Bonchev–Trinajstić information content (AvgIpc) is 1.48. The minimum absolute atomic E-state index is 0.338. The van der Waals surface area contributed by atoms with Crippen LogP contribution in [-0.2, 0) is 10.8 Å². The van der Waals surface area contributed by atoms with Crippen molar-refractivity contribution in [1.29, 1.82) is 0 Å². The molecule has 324 valence electrons. The van der Waals surface area contributed by atoms with Gasteiger partial charge in [0.1, 0.15) is 11.2 Å². The molecule has 0 radical (unpaired) electrons. The molecule has 1 heterocycles. The first-order chi connectivity index (χ1) is 51.4. The molecule has 0 atom stereocenters. The van der Waals surface area contributed by atoms with Gasteiger partial charge in [0.15, 0.2) is 0 Å². The summed E-state index contributed by atoms with van der Waals surface area (Å²) in [5, 5.41) is -0.722. The van der Waals surface area contributed by atoms with Gasteiger partial charge in [-0.25, -0.2) is 0 Å². The van der Waals surface area contributed by atoms with Crippen LogP contribution in [0.3, 0.4) is 0 Å². The lowest BCUT2D eigenvalue weighted by Gasteiger charge is -2.33. The van der Waals surface area contributed by atoms with Gasteiger partial charge in [0, 0.05) is 33.2 Å². The third kappa shape index (κ3) is 4.59. The number of hydrogen-bond donors (Lipinski definition) is 0. The molecule has 2 heteroatoms. The number of anilines is 3. The number of benzene rings is 11. The molecule has 0 fully saturated rings. The van der Waals surface area contributed by atoms with Gasteiger partial charge in [-0.15, -0.1) is 0 Å². The maximum atomic E-state index is 10.5. The maximum Gasteiger partial charge on any atom is 0.143 e. The highest BCUT2D eigenvalue weighted by atomic mass is 16.3. The molecule has 0 saturated heterocycles. The van der Waals surface area contributed by atoms with Crippen molar-refractivity contribution in [3.8, 4) is 55.6 Å². The van der Waals surface area contributed by atoms with Gasteiger partial charge >= 0.3 is 0 Å². The van der Waals surface area contributed by atoms with Crippen LogP contribution in [0.25, 0.3) is 77.6 Å². The van der Waals surface area contributed by atoms with E-state index in [0.717, 1.165) is 6.07 Å². The molecule has 12 aromatic rings. The van der Waals surface area contributed by atoms with Crippen molar-refractivity contribution in [3.63, 3.8) is 0 Å². The van der Waals surface area contributed by atoms with Gasteiger partial charge in [0.2, 0.25) is 0 Å². The van der Waals surface area contributed by atoms with Crippen LogP contribution in [0.4, 0.5) is 17.1 Å². The Morgan fingerprint density at radius 1 is 0.314 bits per heavy atom. The summed E-state index contributed by atoms with van der Waals surface area (Å²) in [5.74, 6) is 0. The Balaban J connectivity index is 1.21. The number of rotatable bonds is 4. The monoisotopic (exact) mass is 928 g/mol. The van der Waals surface area contributed by atoms with Gasteiger partial charge in [0.05, 0.1) is 77.0 Å². The fourth-order valence-corrected chi connectivity index (χ4v) is 10.8. The Bertz CT molecular complexity index is 6160. The lowest BCUT2D eigenvalue weighted by molar-refractivity contribution is 0.670. The number of para-hydroxylation sites is 2. The van der Waals surface area contributed by atoms with E-state index >= 15 is 0 Å². The highest BCUT2D eigenvalue weighted by Crippen LogP contribution is 2.67. The van der Waals surface area contributed by atoms with E-state index in [-0.39, 0.29) is 10.8 Å². The number of hydrogen-bond acceptors (Lipinski definition) is 2. The summed E-state index contributed by atoms with van der Waals surface area (Å²) in [6.45, 7) is 0. The van der Waals surface area contributed by atoms with Gasteiger partial charge in [-0.3, -0.25) is 0 Å². The van der Waals surface area contributed by atoms with Crippen LogP contribution in [0.5, 0.6) is 0 Å². The summed E-state index contributed by atoms with van der Waals surface area (Å²) in [6.07, 6.45) is 0. The van der Waals surface area contributed by atoms with E-state index in [4.69, 9.17) is 16.8 Å². The molecule has 0 bridgehead atoms. The molecule has 2 spiro atoms. The van der Waals surface area contributed by atoms with Crippen LogP contribution in [0.15, 0.2) is 252 Å². The number of fused-ring (bicyclic) bond motifs is 23. The predicted octanol–water partition coefficient (Wildman–Crippen LogP) is 17.4. The first-order valence-electron chi connectivity index (χ1n) is 41.2. The van der Waals surface area contributed by atoms with Crippen molar-refractivity contribution in [2.24, 2.45) is 0 Å². The lowest BCUT2D eigenvalue weighted by atomic mass is 9.70. The van der Waals surface area contributed by atoms with Crippen LogP contribution in [-0.4, -0.2) is 0 Å². The Hall–Kier alpha value is -8.98. The van der Waals surface area contributed by atoms with Crippen LogP contribution in [0.1, 0.15) is 99.3 Å². The molecule has 4 aliphatic rings. The third-order valence-corrected chi connectivity index (χ3v) is 13.4. The summed E-state index contributed by atoms with van der Waals surface area (Å²) in [4.78, 5) is 0.342. The molecule has 11 aromatic carbocycles. The Kier molecular flexibility index (Phi) is 3.22. The minimum Gasteiger partial charge on any atom is -0.455 e. The average molecular weight is 928 g/mol. The molecule has 0 saturated carbocycles. The fourth-order valence-electron chi connectivity index (χ4n) is 10.8. The molecule has 2 nitrogen and oxygen atoms in total. The SMILES string of the molecule is [2H]c1cc2c(oc3c([2H])c([2H])c([2H])c([2H])c32)c(-c2c([2H])c([2H])c(N(c3c([2H])c([2H])c([2H])c4c3-c3c([2H])c([2H])c([2H])c([2H])c3C43c4c([2H])c([2H])c([2H])c([2H])c4-c4c([2H])c([2H])c([2H])c([2H])c43)c3c([2H])c([2H])c([2H])c4c3-c3c([2H])c([2H])c([2H])c([2H])c3C43c4c([2H])c([2H])c([2H])c([2H])c4-c4c([2H])c([2H])c([2H])c([2H])c43)c([2H])c2[2H])c1[2H].